The van der Waals surface area contributed by atoms with Gasteiger partial charge in [0.1, 0.15) is 11.7 Å². The SMILES string of the molecule is C=C1NC2=C(C(=O)CCC2)C(c2ccccc2OCC)C1C(=O)OC(C)C. The average Bonchev–Trinajstić information content (AvgIpc) is 2.61. The molecule has 1 aromatic carbocycles. The molecule has 0 saturated carbocycles. The summed E-state index contributed by atoms with van der Waals surface area (Å²) in [6.45, 7) is 10.1. The summed E-state index contributed by atoms with van der Waals surface area (Å²) in [7, 11) is 0. The van der Waals surface area contributed by atoms with Crippen LogP contribution in [0.1, 0.15) is 51.5 Å². The van der Waals surface area contributed by atoms with Crippen molar-refractivity contribution in [1.29, 1.82) is 0 Å². The van der Waals surface area contributed by atoms with Gasteiger partial charge in [0.25, 0.3) is 0 Å². The van der Waals surface area contributed by atoms with Crippen molar-refractivity contribution in [2.45, 2.75) is 52.1 Å². The van der Waals surface area contributed by atoms with Crippen LogP contribution in [0.2, 0.25) is 0 Å². The fourth-order valence-corrected chi connectivity index (χ4v) is 3.94. The molecule has 0 fully saturated rings. The molecule has 1 aliphatic heterocycles. The zero-order valence-corrected chi connectivity index (χ0v) is 16.2. The molecule has 0 amide bonds. The molecule has 2 unspecified atom stereocenters. The zero-order valence-electron chi connectivity index (χ0n) is 16.2. The molecule has 0 aromatic heterocycles. The number of hydrogen-bond donors (Lipinski definition) is 1. The summed E-state index contributed by atoms with van der Waals surface area (Å²) in [6.07, 6.45) is 1.83. The number of esters is 1. The van der Waals surface area contributed by atoms with Crippen molar-refractivity contribution in [3.8, 4) is 5.75 Å². The minimum atomic E-state index is -0.671. The highest BCUT2D eigenvalue weighted by atomic mass is 16.5. The first-order valence-electron chi connectivity index (χ1n) is 9.58. The number of ether oxygens (including phenoxy) is 2. The number of benzene rings is 1. The summed E-state index contributed by atoms with van der Waals surface area (Å²) >= 11 is 0. The van der Waals surface area contributed by atoms with Gasteiger partial charge in [0, 0.05) is 34.9 Å². The van der Waals surface area contributed by atoms with E-state index in [0.717, 1.165) is 24.1 Å². The van der Waals surface area contributed by atoms with E-state index < -0.39 is 11.8 Å². The van der Waals surface area contributed by atoms with Crippen LogP contribution in [0.4, 0.5) is 0 Å². The normalized spacial score (nSPS) is 22.4. The number of ketones is 1. The van der Waals surface area contributed by atoms with Crippen molar-refractivity contribution in [2.75, 3.05) is 6.61 Å². The summed E-state index contributed by atoms with van der Waals surface area (Å²) in [5.41, 5.74) is 2.95. The van der Waals surface area contributed by atoms with E-state index in [0.29, 0.717) is 30.0 Å². The van der Waals surface area contributed by atoms with E-state index in [1.807, 2.05) is 45.0 Å². The van der Waals surface area contributed by atoms with Crippen LogP contribution in [0.15, 0.2) is 47.8 Å². The van der Waals surface area contributed by atoms with Gasteiger partial charge in [-0.25, -0.2) is 0 Å². The van der Waals surface area contributed by atoms with Gasteiger partial charge in [0.2, 0.25) is 0 Å². The number of carbonyl (C=O) groups is 2. The molecule has 1 heterocycles. The van der Waals surface area contributed by atoms with Crippen molar-refractivity contribution in [1.82, 2.24) is 5.32 Å². The minimum Gasteiger partial charge on any atom is -0.494 e. The lowest BCUT2D eigenvalue weighted by atomic mass is 9.71. The molecule has 144 valence electrons. The standard InChI is InChI=1S/C22H27NO4/c1-5-26-18-12-7-6-9-15(18)20-19(22(25)27-13(2)3)14(4)23-16-10-8-11-17(24)21(16)20/h6-7,9,12-13,19-20,23H,4-5,8,10-11H2,1-3H3. The van der Waals surface area contributed by atoms with Gasteiger partial charge in [-0.15, -0.1) is 0 Å². The van der Waals surface area contributed by atoms with Crippen molar-refractivity contribution in [2.24, 2.45) is 5.92 Å². The Hall–Kier alpha value is -2.56. The van der Waals surface area contributed by atoms with Gasteiger partial charge in [-0.1, -0.05) is 24.8 Å². The number of carbonyl (C=O) groups excluding carboxylic acids is 2. The Kier molecular flexibility index (Phi) is 5.68. The lowest BCUT2D eigenvalue weighted by molar-refractivity contribution is -0.151. The van der Waals surface area contributed by atoms with Crippen molar-refractivity contribution in [3.63, 3.8) is 0 Å². The zero-order chi connectivity index (χ0) is 19.6. The maximum absolute atomic E-state index is 13.0. The van der Waals surface area contributed by atoms with E-state index in [1.54, 1.807) is 0 Å². The van der Waals surface area contributed by atoms with Crippen LogP contribution < -0.4 is 10.1 Å². The Balaban J connectivity index is 2.16. The first kappa shape index (κ1) is 19.2. The van der Waals surface area contributed by atoms with E-state index in [9.17, 15) is 9.59 Å². The van der Waals surface area contributed by atoms with E-state index in [2.05, 4.69) is 11.9 Å². The molecule has 0 radical (unpaired) electrons. The van der Waals surface area contributed by atoms with Crippen LogP contribution in [0, 0.1) is 5.92 Å². The fraction of sp³-hybridized carbons (Fsp3) is 0.455. The molecule has 5 nitrogen and oxygen atoms in total. The van der Waals surface area contributed by atoms with Gasteiger partial charge in [0.15, 0.2) is 5.78 Å². The van der Waals surface area contributed by atoms with Crippen LogP contribution in [0.25, 0.3) is 0 Å². The van der Waals surface area contributed by atoms with Gasteiger partial charge in [0.05, 0.1) is 12.7 Å². The Morgan fingerprint density at radius 1 is 1.30 bits per heavy atom. The smallest absolute Gasteiger partial charge is 0.316 e. The summed E-state index contributed by atoms with van der Waals surface area (Å²) in [6, 6.07) is 7.60. The molecule has 0 bridgehead atoms. The molecule has 2 aliphatic rings. The average molecular weight is 369 g/mol. The van der Waals surface area contributed by atoms with Gasteiger partial charge in [-0.2, -0.15) is 0 Å². The van der Waals surface area contributed by atoms with Gasteiger partial charge in [-0.05, 0) is 39.7 Å². The number of nitrogens with one attached hydrogen (secondary N) is 1. The van der Waals surface area contributed by atoms with Crippen LogP contribution in [0.5, 0.6) is 5.75 Å². The highest BCUT2D eigenvalue weighted by Gasteiger charge is 2.45. The number of Topliss-reactive ketones (excluding diaryl/α,β-unsaturated/α-hetero) is 1. The Bertz CT molecular complexity index is 793. The van der Waals surface area contributed by atoms with Gasteiger partial charge in [-0.3, -0.25) is 9.59 Å². The van der Waals surface area contributed by atoms with Gasteiger partial charge >= 0.3 is 5.97 Å². The van der Waals surface area contributed by atoms with Crippen LogP contribution >= 0.6 is 0 Å². The van der Waals surface area contributed by atoms with Crippen molar-refractivity contribution >= 4 is 11.8 Å². The third kappa shape index (κ3) is 3.77. The monoisotopic (exact) mass is 369 g/mol. The summed E-state index contributed by atoms with van der Waals surface area (Å²) in [4.78, 5) is 25.8. The lowest BCUT2D eigenvalue weighted by Crippen LogP contribution is -2.41. The van der Waals surface area contributed by atoms with E-state index in [-0.39, 0.29) is 17.9 Å². The van der Waals surface area contributed by atoms with E-state index in [4.69, 9.17) is 9.47 Å². The third-order valence-electron chi connectivity index (χ3n) is 4.95. The maximum atomic E-state index is 13.0. The molecule has 1 aromatic rings. The summed E-state index contributed by atoms with van der Waals surface area (Å²) in [5.74, 6) is -0.726. The molecular weight excluding hydrogens is 342 g/mol. The predicted molar refractivity (Wildman–Crippen MR) is 103 cm³/mol. The first-order valence-corrected chi connectivity index (χ1v) is 9.58. The van der Waals surface area contributed by atoms with Crippen molar-refractivity contribution in [3.05, 3.63) is 53.4 Å². The summed E-state index contributed by atoms with van der Waals surface area (Å²) < 4.78 is 11.3. The maximum Gasteiger partial charge on any atom is 0.316 e. The molecule has 3 rings (SSSR count). The first-order chi connectivity index (χ1) is 12.9. The van der Waals surface area contributed by atoms with Crippen LogP contribution in [-0.4, -0.2) is 24.5 Å². The quantitative estimate of drug-likeness (QED) is 0.799. The van der Waals surface area contributed by atoms with Crippen molar-refractivity contribution < 1.29 is 19.1 Å². The van der Waals surface area contributed by atoms with E-state index >= 15 is 0 Å². The molecule has 1 N–H and O–H groups in total. The molecule has 2 atom stereocenters. The summed E-state index contributed by atoms with van der Waals surface area (Å²) in [5, 5.41) is 3.23. The molecular formula is C22H27NO4. The highest BCUT2D eigenvalue weighted by Crippen LogP contribution is 2.46. The Labute approximate surface area is 160 Å². The predicted octanol–water partition coefficient (Wildman–Crippen LogP) is 3.86. The Morgan fingerprint density at radius 3 is 2.74 bits per heavy atom. The van der Waals surface area contributed by atoms with Crippen LogP contribution in [0.3, 0.4) is 0 Å². The molecule has 0 saturated heterocycles. The molecule has 27 heavy (non-hydrogen) atoms. The third-order valence-corrected chi connectivity index (χ3v) is 4.95. The number of rotatable bonds is 5. The molecule has 0 spiro atoms. The highest BCUT2D eigenvalue weighted by molar-refractivity contribution is 6.00. The second kappa shape index (κ2) is 7.99. The topological polar surface area (TPSA) is 64.6 Å². The number of allylic oxidation sites excluding steroid dienone is 2. The Morgan fingerprint density at radius 2 is 2.04 bits per heavy atom. The number of hydrogen-bond acceptors (Lipinski definition) is 5. The van der Waals surface area contributed by atoms with Crippen LogP contribution in [-0.2, 0) is 14.3 Å². The second-order valence-electron chi connectivity index (χ2n) is 7.23. The fourth-order valence-electron chi connectivity index (χ4n) is 3.94. The van der Waals surface area contributed by atoms with E-state index in [1.165, 1.54) is 0 Å². The molecule has 1 aliphatic carbocycles. The minimum absolute atomic E-state index is 0.0786. The largest absolute Gasteiger partial charge is 0.494 e. The number of para-hydroxylation sites is 1. The second-order valence-corrected chi connectivity index (χ2v) is 7.23. The van der Waals surface area contributed by atoms with Gasteiger partial charge < -0.3 is 14.8 Å². The molecule has 5 heteroatoms. The lowest BCUT2D eigenvalue weighted by Gasteiger charge is -2.38.